The molecule has 1 saturated heterocycles. The number of hydrogen-bond acceptors (Lipinski definition) is 6. The Balaban J connectivity index is 1.19. The number of piperazine rings is 1. The lowest BCUT2D eigenvalue weighted by Gasteiger charge is -2.34. The number of benzene rings is 2. The third-order valence-corrected chi connectivity index (χ3v) is 8.00. The zero-order valence-electron chi connectivity index (χ0n) is 17.9. The minimum Gasteiger partial charge on any atom is -0.354 e. The molecule has 4 rings (SSSR count). The van der Waals surface area contributed by atoms with Crippen molar-refractivity contribution in [2.24, 2.45) is 0 Å². The molecule has 0 radical (unpaired) electrons. The molecule has 0 aliphatic carbocycles. The van der Waals surface area contributed by atoms with E-state index >= 15 is 0 Å². The second-order valence-electron chi connectivity index (χ2n) is 7.77. The number of anilines is 1. The fourth-order valence-electron chi connectivity index (χ4n) is 3.60. The standard InChI is InChI=1S/C23H27ClN4OS2/c1-16-3-8-20-22(17(16)2)26-23(31-20)28-13-11-27(12-14-28)10-9-25-21(29)15-30-19-6-4-18(24)5-7-19/h3-8H,9-15H2,1-2H3,(H,25,29). The van der Waals surface area contributed by atoms with Crippen molar-refractivity contribution in [2.45, 2.75) is 18.7 Å². The molecule has 0 atom stereocenters. The van der Waals surface area contributed by atoms with E-state index in [0.717, 1.165) is 48.3 Å². The Bertz CT molecular complexity index is 1050. The number of hydrogen-bond donors (Lipinski definition) is 1. The number of nitrogens with one attached hydrogen (secondary N) is 1. The molecule has 5 nitrogen and oxygen atoms in total. The van der Waals surface area contributed by atoms with E-state index in [1.165, 1.54) is 27.6 Å². The molecule has 31 heavy (non-hydrogen) atoms. The quantitative estimate of drug-likeness (QED) is 0.507. The summed E-state index contributed by atoms with van der Waals surface area (Å²) in [5.41, 5.74) is 3.72. The van der Waals surface area contributed by atoms with Crippen molar-refractivity contribution in [2.75, 3.05) is 49.9 Å². The van der Waals surface area contributed by atoms with E-state index < -0.39 is 0 Å². The highest BCUT2D eigenvalue weighted by molar-refractivity contribution is 8.00. The zero-order chi connectivity index (χ0) is 21.8. The maximum Gasteiger partial charge on any atom is 0.230 e. The van der Waals surface area contributed by atoms with Gasteiger partial charge in [-0.05, 0) is 55.3 Å². The van der Waals surface area contributed by atoms with Crippen LogP contribution in [0.5, 0.6) is 0 Å². The molecule has 0 saturated carbocycles. The minimum absolute atomic E-state index is 0.0683. The normalized spacial score (nSPS) is 14.9. The SMILES string of the molecule is Cc1ccc2sc(N3CCN(CCNC(=O)CSc4ccc(Cl)cc4)CC3)nc2c1C. The smallest absolute Gasteiger partial charge is 0.230 e. The van der Waals surface area contributed by atoms with Crippen LogP contribution in [0.3, 0.4) is 0 Å². The van der Waals surface area contributed by atoms with Crippen LogP contribution in [-0.4, -0.2) is 60.8 Å². The van der Waals surface area contributed by atoms with Crippen molar-refractivity contribution < 1.29 is 4.79 Å². The van der Waals surface area contributed by atoms with Crippen LogP contribution < -0.4 is 10.2 Å². The number of thioether (sulfide) groups is 1. The van der Waals surface area contributed by atoms with Gasteiger partial charge in [0.2, 0.25) is 5.91 Å². The average molecular weight is 475 g/mol. The Morgan fingerprint density at radius 3 is 2.61 bits per heavy atom. The second-order valence-corrected chi connectivity index (χ2v) is 10.3. The summed E-state index contributed by atoms with van der Waals surface area (Å²) in [5, 5.41) is 4.86. The molecule has 8 heteroatoms. The van der Waals surface area contributed by atoms with Crippen LogP contribution in [-0.2, 0) is 4.79 Å². The van der Waals surface area contributed by atoms with Crippen LogP contribution in [0.2, 0.25) is 5.02 Å². The molecular weight excluding hydrogens is 448 g/mol. The molecule has 1 aliphatic heterocycles. The Hall–Kier alpha value is -1.80. The van der Waals surface area contributed by atoms with Crippen molar-refractivity contribution in [1.29, 1.82) is 0 Å². The van der Waals surface area contributed by atoms with E-state index in [1.807, 2.05) is 24.3 Å². The molecule has 1 aromatic heterocycles. The number of carbonyl (C=O) groups excluding carboxylic acids is 1. The molecule has 0 spiro atoms. The van der Waals surface area contributed by atoms with E-state index in [0.29, 0.717) is 17.3 Å². The van der Waals surface area contributed by atoms with Gasteiger partial charge < -0.3 is 10.2 Å². The molecule has 2 aromatic carbocycles. The maximum atomic E-state index is 12.1. The van der Waals surface area contributed by atoms with Gasteiger partial charge in [0.05, 0.1) is 16.0 Å². The van der Waals surface area contributed by atoms with Gasteiger partial charge in [-0.2, -0.15) is 0 Å². The summed E-state index contributed by atoms with van der Waals surface area (Å²) in [6.45, 7) is 9.77. The molecule has 0 bridgehead atoms. The van der Waals surface area contributed by atoms with Crippen molar-refractivity contribution in [1.82, 2.24) is 15.2 Å². The number of carbonyl (C=O) groups is 1. The summed E-state index contributed by atoms with van der Waals surface area (Å²) in [7, 11) is 0. The fraction of sp³-hybridized carbons (Fsp3) is 0.391. The predicted octanol–water partition coefficient (Wildman–Crippen LogP) is 4.60. The Morgan fingerprint density at radius 1 is 1.13 bits per heavy atom. The molecule has 1 N–H and O–H groups in total. The number of nitrogens with zero attached hydrogens (tertiary/aromatic N) is 3. The number of aromatic nitrogens is 1. The molecule has 1 fully saturated rings. The number of fused-ring (bicyclic) bond motifs is 1. The Morgan fingerprint density at radius 2 is 1.87 bits per heavy atom. The highest BCUT2D eigenvalue weighted by atomic mass is 35.5. The van der Waals surface area contributed by atoms with E-state index in [-0.39, 0.29) is 5.91 Å². The van der Waals surface area contributed by atoms with Gasteiger partial charge in [0.25, 0.3) is 0 Å². The lowest BCUT2D eigenvalue weighted by Crippen LogP contribution is -2.48. The van der Waals surface area contributed by atoms with Gasteiger partial charge in [-0.3, -0.25) is 9.69 Å². The first-order chi connectivity index (χ1) is 15.0. The van der Waals surface area contributed by atoms with Gasteiger partial charge in [0, 0.05) is 49.2 Å². The monoisotopic (exact) mass is 474 g/mol. The Labute approximate surface area is 196 Å². The van der Waals surface area contributed by atoms with Crippen LogP contribution in [0.15, 0.2) is 41.3 Å². The molecule has 164 valence electrons. The van der Waals surface area contributed by atoms with Gasteiger partial charge >= 0.3 is 0 Å². The van der Waals surface area contributed by atoms with Crippen LogP contribution in [0.4, 0.5) is 5.13 Å². The summed E-state index contributed by atoms with van der Waals surface area (Å²) >= 11 is 9.20. The van der Waals surface area contributed by atoms with Gasteiger partial charge in [0.15, 0.2) is 5.13 Å². The third kappa shape index (κ3) is 5.71. The molecule has 2 heterocycles. The maximum absolute atomic E-state index is 12.1. The number of aryl methyl sites for hydroxylation is 2. The topological polar surface area (TPSA) is 48.5 Å². The minimum atomic E-state index is 0.0683. The molecule has 1 amide bonds. The lowest BCUT2D eigenvalue weighted by molar-refractivity contribution is -0.118. The van der Waals surface area contributed by atoms with Gasteiger partial charge in [0.1, 0.15) is 0 Å². The average Bonchev–Trinajstić information content (AvgIpc) is 3.22. The summed E-state index contributed by atoms with van der Waals surface area (Å²) in [6, 6.07) is 11.9. The summed E-state index contributed by atoms with van der Waals surface area (Å²) in [5.74, 6) is 0.491. The van der Waals surface area contributed by atoms with Crippen LogP contribution in [0.25, 0.3) is 10.2 Å². The first-order valence-corrected chi connectivity index (χ1v) is 12.7. The highest BCUT2D eigenvalue weighted by Gasteiger charge is 2.20. The van der Waals surface area contributed by atoms with Crippen LogP contribution in [0.1, 0.15) is 11.1 Å². The molecular formula is C23H27ClN4OS2. The Kier molecular flexibility index (Phi) is 7.38. The largest absolute Gasteiger partial charge is 0.354 e. The predicted molar refractivity (Wildman–Crippen MR) is 133 cm³/mol. The van der Waals surface area contributed by atoms with Crippen molar-refractivity contribution in [3.05, 3.63) is 52.5 Å². The number of rotatable bonds is 7. The highest BCUT2D eigenvalue weighted by Crippen LogP contribution is 2.32. The number of thiazole rings is 1. The number of amides is 1. The summed E-state index contributed by atoms with van der Waals surface area (Å²) < 4.78 is 1.26. The number of halogens is 1. The van der Waals surface area contributed by atoms with Crippen LogP contribution in [0, 0.1) is 13.8 Å². The van der Waals surface area contributed by atoms with Crippen molar-refractivity contribution in [3.63, 3.8) is 0 Å². The second kappa shape index (κ2) is 10.2. The van der Waals surface area contributed by atoms with Crippen molar-refractivity contribution in [3.8, 4) is 0 Å². The first kappa shape index (κ1) is 22.4. The van der Waals surface area contributed by atoms with E-state index in [9.17, 15) is 4.79 Å². The fourth-order valence-corrected chi connectivity index (χ4v) is 5.53. The third-order valence-electron chi connectivity index (χ3n) is 5.65. The molecule has 0 unspecified atom stereocenters. The van der Waals surface area contributed by atoms with Gasteiger partial charge in [-0.1, -0.05) is 29.0 Å². The van der Waals surface area contributed by atoms with E-state index in [4.69, 9.17) is 16.6 Å². The van der Waals surface area contributed by atoms with E-state index in [2.05, 4.69) is 41.1 Å². The van der Waals surface area contributed by atoms with Crippen molar-refractivity contribution >= 4 is 56.0 Å². The molecule has 1 aliphatic rings. The first-order valence-electron chi connectivity index (χ1n) is 10.5. The van der Waals surface area contributed by atoms with E-state index in [1.54, 1.807) is 11.3 Å². The lowest BCUT2D eigenvalue weighted by atomic mass is 10.1. The zero-order valence-corrected chi connectivity index (χ0v) is 20.2. The van der Waals surface area contributed by atoms with Crippen LogP contribution >= 0.6 is 34.7 Å². The van der Waals surface area contributed by atoms with Gasteiger partial charge in [-0.15, -0.1) is 11.8 Å². The van der Waals surface area contributed by atoms with Gasteiger partial charge in [-0.25, -0.2) is 4.98 Å². The molecule has 3 aromatic rings. The summed E-state index contributed by atoms with van der Waals surface area (Å²) in [4.78, 5) is 22.9. The summed E-state index contributed by atoms with van der Waals surface area (Å²) in [6.07, 6.45) is 0.